The van der Waals surface area contributed by atoms with E-state index in [0.29, 0.717) is 6.54 Å². The molecule has 0 aromatic heterocycles. The normalized spacial score (nSPS) is 10.4. The Morgan fingerprint density at radius 3 is 2.42 bits per heavy atom. The third kappa shape index (κ3) is 6.05. The van der Waals surface area contributed by atoms with Crippen LogP contribution in [0.1, 0.15) is 18.1 Å². The fourth-order valence-electron chi connectivity index (χ4n) is 2.25. The van der Waals surface area contributed by atoms with Crippen molar-refractivity contribution in [3.63, 3.8) is 0 Å². The van der Waals surface area contributed by atoms with Crippen LogP contribution in [0.15, 0.2) is 54.6 Å². The first-order valence-corrected chi connectivity index (χ1v) is 8.39. The zero-order valence-electron chi connectivity index (χ0n) is 14.5. The Kier molecular flexibility index (Phi) is 7.30. The van der Waals surface area contributed by atoms with Crippen molar-refractivity contribution in [2.24, 2.45) is 0 Å². The SMILES string of the molecule is CCN(C)C(=O)COc1ccc(CCNCc2ccccc2)cc1. The summed E-state index contributed by atoms with van der Waals surface area (Å²) in [4.78, 5) is 13.3. The second kappa shape index (κ2) is 9.73. The molecule has 0 bridgehead atoms. The third-order valence-electron chi connectivity index (χ3n) is 3.95. The van der Waals surface area contributed by atoms with E-state index in [4.69, 9.17) is 4.74 Å². The lowest BCUT2D eigenvalue weighted by Crippen LogP contribution is -2.31. The molecule has 4 heteroatoms. The van der Waals surface area contributed by atoms with Crippen LogP contribution < -0.4 is 10.1 Å². The van der Waals surface area contributed by atoms with Crippen LogP contribution in [0.25, 0.3) is 0 Å². The van der Waals surface area contributed by atoms with Crippen LogP contribution >= 0.6 is 0 Å². The Bertz CT molecular complexity index is 611. The van der Waals surface area contributed by atoms with Gasteiger partial charge in [0.2, 0.25) is 0 Å². The average molecular weight is 326 g/mol. The zero-order chi connectivity index (χ0) is 17.2. The molecule has 24 heavy (non-hydrogen) atoms. The predicted octanol–water partition coefficient (Wildman–Crippen LogP) is 2.88. The number of carbonyl (C=O) groups is 1. The summed E-state index contributed by atoms with van der Waals surface area (Å²) in [5, 5.41) is 3.44. The Hall–Kier alpha value is -2.33. The highest BCUT2D eigenvalue weighted by Gasteiger charge is 2.07. The summed E-state index contributed by atoms with van der Waals surface area (Å²) in [6.45, 7) is 4.53. The van der Waals surface area contributed by atoms with Crippen LogP contribution in [0, 0.1) is 0 Å². The largest absolute Gasteiger partial charge is 0.484 e. The summed E-state index contributed by atoms with van der Waals surface area (Å²) in [6, 6.07) is 18.3. The first-order valence-electron chi connectivity index (χ1n) is 8.39. The number of nitrogens with one attached hydrogen (secondary N) is 1. The van der Waals surface area contributed by atoms with Crippen molar-refractivity contribution < 1.29 is 9.53 Å². The molecule has 0 saturated carbocycles. The summed E-state index contributed by atoms with van der Waals surface area (Å²) in [5.74, 6) is 0.723. The maximum atomic E-state index is 11.7. The van der Waals surface area contributed by atoms with Gasteiger partial charge in [-0.25, -0.2) is 0 Å². The summed E-state index contributed by atoms with van der Waals surface area (Å²) in [5.41, 5.74) is 2.54. The smallest absolute Gasteiger partial charge is 0.260 e. The van der Waals surface area contributed by atoms with Gasteiger partial charge in [0.25, 0.3) is 5.91 Å². The quantitative estimate of drug-likeness (QED) is 0.721. The average Bonchev–Trinajstić information content (AvgIpc) is 2.64. The molecular weight excluding hydrogens is 300 g/mol. The highest BCUT2D eigenvalue weighted by molar-refractivity contribution is 5.77. The van der Waals surface area contributed by atoms with Crippen LogP contribution in [0.2, 0.25) is 0 Å². The van der Waals surface area contributed by atoms with E-state index in [1.165, 1.54) is 11.1 Å². The molecular formula is C20H26N2O2. The molecule has 2 rings (SSSR count). The number of likely N-dealkylation sites (N-methyl/N-ethyl adjacent to an activating group) is 1. The van der Waals surface area contributed by atoms with Crippen molar-refractivity contribution in [1.82, 2.24) is 10.2 Å². The first-order chi connectivity index (χ1) is 11.7. The summed E-state index contributed by atoms with van der Waals surface area (Å²) in [6.07, 6.45) is 0.963. The summed E-state index contributed by atoms with van der Waals surface area (Å²) < 4.78 is 5.52. The Morgan fingerprint density at radius 1 is 1.04 bits per heavy atom. The van der Waals surface area contributed by atoms with Crippen molar-refractivity contribution in [2.75, 3.05) is 26.7 Å². The Morgan fingerprint density at radius 2 is 1.75 bits per heavy atom. The standard InChI is InChI=1S/C20H26N2O2/c1-3-22(2)20(23)16-24-19-11-9-17(10-12-19)13-14-21-15-18-7-5-4-6-8-18/h4-12,21H,3,13-16H2,1-2H3. The van der Waals surface area contributed by atoms with E-state index in [1.54, 1.807) is 11.9 Å². The molecule has 0 aliphatic carbocycles. The molecule has 0 atom stereocenters. The van der Waals surface area contributed by atoms with Crippen molar-refractivity contribution in [1.29, 1.82) is 0 Å². The highest BCUT2D eigenvalue weighted by Crippen LogP contribution is 2.12. The van der Waals surface area contributed by atoms with Crippen molar-refractivity contribution in [3.05, 3.63) is 65.7 Å². The van der Waals surface area contributed by atoms with Gasteiger partial charge in [-0.1, -0.05) is 42.5 Å². The number of rotatable bonds is 9. The van der Waals surface area contributed by atoms with Gasteiger partial charge >= 0.3 is 0 Å². The number of amides is 1. The Labute approximate surface area is 144 Å². The number of nitrogens with zero attached hydrogens (tertiary/aromatic N) is 1. The molecule has 128 valence electrons. The van der Waals surface area contributed by atoms with E-state index >= 15 is 0 Å². The van der Waals surface area contributed by atoms with Crippen LogP contribution in [0.3, 0.4) is 0 Å². The van der Waals surface area contributed by atoms with Crippen LogP contribution in [-0.4, -0.2) is 37.6 Å². The molecule has 0 radical (unpaired) electrons. The maximum Gasteiger partial charge on any atom is 0.260 e. The second-order valence-electron chi connectivity index (χ2n) is 5.75. The van der Waals surface area contributed by atoms with Gasteiger partial charge in [-0.3, -0.25) is 4.79 Å². The van der Waals surface area contributed by atoms with Crippen molar-refractivity contribution in [2.45, 2.75) is 19.9 Å². The van der Waals surface area contributed by atoms with E-state index in [-0.39, 0.29) is 12.5 Å². The number of benzene rings is 2. The molecule has 0 spiro atoms. The number of hydrogen-bond donors (Lipinski definition) is 1. The maximum absolute atomic E-state index is 11.7. The van der Waals surface area contributed by atoms with Gasteiger partial charge in [0, 0.05) is 20.1 Å². The van der Waals surface area contributed by atoms with E-state index in [2.05, 4.69) is 29.6 Å². The second-order valence-corrected chi connectivity index (χ2v) is 5.75. The fraction of sp³-hybridized carbons (Fsp3) is 0.350. The molecule has 0 heterocycles. The molecule has 0 aliphatic heterocycles. The molecule has 0 saturated heterocycles. The minimum Gasteiger partial charge on any atom is -0.484 e. The lowest BCUT2D eigenvalue weighted by atomic mass is 10.1. The molecule has 1 amide bonds. The van der Waals surface area contributed by atoms with Gasteiger partial charge in [-0.05, 0) is 43.1 Å². The summed E-state index contributed by atoms with van der Waals surface area (Å²) in [7, 11) is 1.78. The van der Waals surface area contributed by atoms with Gasteiger partial charge in [-0.2, -0.15) is 0 Å². The van der Waals surface area contributed by atoms with Crippen molar-refractivity contribution >= 4 is 5.91 Å². The molecule has 4 nitrogen and oxygen atoms in total. The van der Waals surface area contributed by atoms with Gasteiger partial charge < -0.3 is 15.0 Å². The van der Waals surface area contributed by atoms with E-state index in [9.17, 15) is 4.79 Å². The number of hydrogen-bond acceptors (Lipinski definition) is 3. The van der Waals surface area contributed by atoms with Crippen LogP contribution in [0.4, 0.5) is 0 Å². The Balaban J connectivity index is 1.69. The van der Waals surface area contributed by atoms with Gasteiger partial charge in [-0.15, -0.1) is 0 Å². The molecule has 1 N–H and O–H groups in total. The monoisotopic (exact) mass is 326 g/mol. The van der Waals surface area contributed by atoms with E-state index < -0.39 is 0 Å². The lowest BCUT2D eigenvalue weighted by molar-refractivity contribution is -0.131. The first kappa shape index (κ1) is 18.0. The van der Waals surface area contributed by atoms with Crippen molar-refractivity contribution in [3.8, 4) is 5.75 Å². The molecule has 0 fully saturated rings. The van der Waals surface area contributed by atoms with Gasteiger partial charge in [0.1, 0.15) is 5.75 Å². The van der Waals surface area contributed by atoms with Gasteiger partial charge in [0.15, 0.2) is 6.61 Å². The van der Waals surface area contributed by atoms with Crippen LogP contribution in [0.5, 0.6) is 5.75 Å². The number of carbonyl (C=O) groups excluding carboxylic acids is 1. The fourth-order valence-corrected chi connectivity index (χ4v) is 2.25. The summed E-state index contributed by atoms with van der Waals surface area (Å²) >= 11 is 0. The number of ether oxygens (including phenoxy) is 1. The predicted molar refractivity (Wildman–Crippen MR) is 97.1 cm³/mol. The van der Waals surface area contributed by atoms with Gasteiger partial charge in [0.05, 0.1) is 0 Å². The minimum absolute atomic E-state index is 0.00770. The highest BCUT2D eigenvalue weighted by atomic mass is 16.5. The molecule has 0 aliphatic rings. The molecule has 2 aromatic rings. The lowest BCUT2D eigenvalue weighted by Gasteiger charge is -2.14. The van der Waals surface area contributed by atoms with Crippen LogP contribution in [-0.2, 0) is 17.8 Å². The topological polar surface area (TPSA) is 41.6 Å². The van der Waals surface area contributed by atoms with E-state index in [1.807, 2.05) is 37.3 Å². The molecule has 2 aromatic carbocycles. The van der Waals surface area contributed by atoms with E-state index in [0.717, 1.165) is 25.3 Å². The zero-order valence-corrected chi connectivity index (χ0v) is 14.5. The molecule has 0 unspecified atom stereocenters. The third-order valence-corrected chi connectivity index (χ3v) is 3.95. The minimum atomic E-state index is -0.00770.